The van der Waals surface area contributed by atoms with Crippen molar-refractivity contribution in [2.75, 3.05) is 44.5 Å². The molecule has 1 fully saturated rings. The Morgan fingerprint density at radius 2 is 2.00 bits per heavy atom. The van der Waals surface area contributed by atoms with E-state index in [2.05, 4.69) is 22.2 Å². The number of aryl methyl sites for hydroxylation is 1. The first-order valence-electron chi connectivity index (χ1n) is 11.5. The van der Waals surface area contributed by atoms with Gasteiger partial charge in [0, 0.05) is 56.6 Å². The Kier molecular flexibility index (Phi) is 6.68. The Bertz CT molecular complexity index is 1180. The van der Waals surface area contributed by atoms with Crippen molar-refractivity contribution in [1.82, 2.24) is 19.9 Å². The molecule has 1 amide bonds. The van der Waals surface area contributed by atoms with Gasteiger partial charge in [-0.25, -0.2) is 15.0 Å². The quantitative estimate of drug-likeness (QED) is 0.590. The van der Waals surface area contributed by atoms with Crippen molar-refractivity contribution in [2.24, 2.45) is 0 Å². The van der Waals surface area contributed by atoms with Crippen molar-refractivity contribution in [3.05, 3.63) is 65.7 Å². The third-order valence-electron chi connectivity index (χ3n) is 6.26. The first kappa shape index (κ1) is 23.5. The molecule has 1 saturated heterocycles. The Morgan fingerprint density at radius 1 is 1.18 bits per heavy atom. The fourth-order valence-corrected chi connectivity index (χ4v) is 4.40. The largest absolute Gasteiger partial charge is 0.497 e. The smallest absolute Gasteiger partial charge is 0.257 e. The molecular weight excluding hydrogens is 428 g/mol. The van der Waals surface area contributed by atoms with E-state index in [9.17, 15) is 4.79 Å². The summed E-state index contributed by atoms with van der Waals surface area (Å²) in [6.45, 7) is 5.39. The lowest BCUT2D eigenvalue weighted by Crippen LogP contribution is -2.47. The van der Waals surface area contributed by atoms with Gasteiger partial charge in [-0.15, -0.1) is 0 Å². The van der Waals surface area contributed by atoms with Crippen molar-refractivity contribution in [3.8, 4) is 5.75 Å². The maximum Gasteiger partial charge on any atom is 0.257 e. The van der Waals surface area contributed by atoms with Gasteiger partial charge in [-0.2, -0.15) is 0 Å². The van der Waals surface area contributed by atoms with E-state index in [4.69, 9.17) is 9.72 Å². The highest BCUT2D eigenvalue weighted by molar-refractivity contribution is 5.99. The molecule has 0 bridgehead atoms. The monoisotopic (exact) mass is 460 g/mol. The van der Waals surface area contributed by atoms with Gasteiger partial charge in [0.1, 0.15) is 23.2 Å². The molecule has 4 rings (SSSR count). The summed E-state index contributed by atoms with van der Waals surface area (Å²) in [5, 5.41) is 3.28. The molecule has 1 aromatic carbocycles. The van der Waals surface area contributed by atoms with Crippen LogP contribution in [0.15, 0.2) is 48.7 Å². The highest BCUT2D eigenvalue weighted by Crippen LogP contribution is 2.35. The van der Waals surface area contributed by atoms with Crippen molar-refractivity contribution < 1.29 is 9.53 Å². The molecule has 0 aliphatic carbocycles. The van der Waals surface area contributed by atoms with Crippen molar-refractivity contribution in [2.45, 2.75) is 32.1 Å². The van der Waals surface area contributed by atoms with Crippen LogP contribution in [0.2, 0.25) is 0 Å². The first-order chi connectivity index (χ1) is 16.3. The number of amides is 1. The molecule has 0 spiro atoms. The Balaban J connectivity index is 1.59. The zero-order chi connectivity index (χ0) is 24.3. The van der Waals surface area contributed by atoms with E-state index >= 15 is 0 Å². The van der Waals surface area contributed by atoms with E-state index in [1.807, 2.05) is 67.2 Å². The lowest BCUT2D eigenvalue weighted by molar-refractivity contribution is 0.0648. The molecule has 3 aromatic rings. The summed E-state index contributed by atoms with van der Waals surface area (Å²) in [7, 11) is 5.58. The van der Waals surface area contributed by atoms with Gasteiger partial charge in [-0.05, 0) is 44.0 Å². The minimum Gasteiger partial charge on any atom is -0.497 e. The third-order valence-corrected chi connectivity index (χ3v) is 6.26. The summed E-state index contributed by atoms with van der Waals surface area (Å²) in [4.78, 5) is 31.3. The number of rotatable bonds is 6. The van der Waals surface area contributed by atoms with Crippen molar-refractivity contribution in [1.29, 1.82) is 0 Å². The van der Waals surface area contributed by atoms with Gasteiger partial charge in [-0.1, -0.05) is 13.0 Å². The van der Waals surface area contributed by atoms with Crippen molar-refractivity contribution in [3.63, 3.8) is 0 Å². The number of aromatic nitrogens is 3. The molecule has 1 unspecified atom stereocenters. The molecule has 3 heterocycles. The lowest BCUT2D eigenvalue weighted by Gasteiger charge is -2.40. The van der Waals surface area contributed by atoms with Gasteiger partial charge < -0.3 is 19.9 Å². The molecule has 2 aromatic heterocycles. The summed E-state index contributed by atoms with van der Waals surface area (Å²) in [6, 6.07) is 13.2. The number of ether oxygens (including phenoxy) is 1. The topological polar surface area (TPSA) is 83.5 Å². The van der Waals surface area contributed by atoms with E-state index in [0.717, 1.165) is 41.6 Å². The zero-order valence-electron chi connectivity index (χ0n) is 20.5. The van der Waals surface area contributed by atoms with Crippen LogP contribution < -0.4 is 15.0 Å². The summed E-state index contributed by atoms with van der Waals surface area (Å²) in [5.41, 5.74) is 2.07. The number of nitrogens with one attached hydrogen (secondary N) is 1. The van der Waals surface area contributed by atoms with E-state index < -0.39 is 0 Å². The molecule has 8 heteroatoms. The molecule has 1 atom stereocenters. The predicted octanol–water partition coefficient (Wildman–Crippen LogP) is 4.19. The Hall–Kier alpha value is -3.68. The van der Waals surface area contributed by atoms with Crippen LogP contribution in [0.25, 0.3) is 0 Å². The second-order valence-corrected chi connectivity index (χ2v) is 9.20. The van der Waals surface area contributed by atoms with Crippen LogP contribution >= 0.6 is 0 Å². The average molecular weight is 461 g/mol. The van der Waals surface area contributed by atoms with Crippen LogP contribution in [0.1, 0.15) is 41.6 Å². The van der Waals surface area contributed by atoms with Crippen LogP contribution in [0, 0.1) is 6.92 Å². The lowest BCUT2D eigenvalue weighted by atomic mass is 9.78. The number of benzene rings is 1. The number of methoxy groups -OCH3 is 1. The van der Waals surface area contributed by atoms with E-state index in [1.54, 1.807) is 19.4 Å². The minimum absolute atomic E-state index is 0.0389. The maximum atomic E-state index is 13.7. The SMILES string of the molecule is COc1cccc(Nc2ncccc2C(=O)N2CCCC(C)(c3cc(N(C)C)nc(C)n3)C2)c1. The number of pyridine rings is 1. The number of hydrogen-bond acceptors (Lipinski definition) is 7. The zero-order valence-corrected chi connectivity index (χ0v) is 20.5. The molecule has 1 aliphatic rings. The Morgan fingerprint density at radius 3 is 2.76 bits per heavy atom. The summed E-state index contributed by atoms with van der Waals surface area (Å²) < 4.78 is 5.31. The fourth-order valence-electron chi connectivity index (χ4n) is 4.40. The minimum atomic E-state index is -0.255. The summed E-state index contributed by atoms with van der Waals surface area (Å²) >= 11 is 0. The fraction of sp³-hybridized carbons (Fsp3) is 0.385. The van der Waals surface area contributed by atoms with Gasteiger partial charge in [0.25, 0.3) is 5.91 Å². The maximum absolute atomic E-state index is 13.7. The average Bonchev–Trinajstić information content (AvgIpc) is 2.83. The molecule has 8 nitrogen and oxygen atoms in total. The van der Waals surface area contributed by atoms with Gasteiger partial charge in [0.15, 0.2) is 0 Å². The summed E-state index contributed by atoms with van der Waals surface area (Å²) in [5.74, 6) is 2.84. The number of carbonyl (C=O) groups excluding carboxylic acids is 1. The highest BCUT2D eigenvalue weighted by atomic mass is 16.5. The molecule has 1 N–H and O–H groups in total. The van der Waals surface area contributed by atoms with Crippen LogP contribution in [-0.2, 0) is 5.41 Å². The standard InChI is InChI=1S/C26H32N6O2/c1-18-28-22(16-23(29-18)31(3)4)26(2)12-8-14-32(17-26)25(33)21-11-7-13-27-24(21)30-19-9-6-10-20(15-19)34-5/h6-7,9-11,13,15-16H,8,12,14,17H2,1-5H3,(H,27,30). The molecule has 0 radical (unpaired) electrons. The second-order valence-electron chi connectivity index (χ2n) is 9.20. The number of hydrogen-bond donors (Lipinski definition) is 1. The Labute approximate surface area is 201 Å². The third kappa shape index (κ3) is 4.95. The van der Waals surface area contributed by atoms with Crippen LogP contribution in [0.5, 0.6) is 5.75 Å². The van der Waals surface area contributed by atoms with Gasteiger partial charge in [-0.3, -0.25) is 4.79 Å². The molecule has 34 heavy (non-hydrogen) atoms. The normalized spacial score (nSPS) is 17.9. The predicted molar refractivity (Wildman–Crippen MR) is 134 cm³/mol. The number of anilines is 3. The molecule has 1 aliphatic heterocycles. The van der Waals surface area contributed by atoms with E-state index in [-0.39, 0.29) is 11.3 Å². The van der Waals surface area contributed by atoms with Gasteiger partial charge in [0.05, 0.1) is 18.4 Å². The number of likely N-dealkylation sites (tertiary alicyclic amines) is 1. The molecular formula is C26H32N6O2. The van der Waals surface area contributed by atoms with Crippen molar-refractivity contribution >= 4 is 23.2 Å². The highest BCUT2D eigenvalue weighted by Gasteiger charge is 2.37. The van der Waals surface area contributed by atoms with Crippen LogP contribution in [-0.4, -0.2) is 60.1 Å². The van der Waals surface area contributed by atoms with Crippen LogP contribution in [0.3, 0.4) is 0 Å². The second kappa shape index (κ2) is 9.67. The number of carbonyl (C=O) groups is 1. The molecule has 178 valence electrons. The van der Waals surface area contributed by atoms with E-state index in [0.29, 0.717) is 24.5 Å². The van der Waals surface area contributed by atoms with Crippen LogP contribution in [0.4, 0.5) is 17.3 Å². The van der Waals surface area contributed by atoms with Gasteiger partial charge in [0.2, 0.25) is 0 Å². The number of nitrogens with zero attached hydrogens (tertiary/aromatic N) is 5. The van der Waals surface area contributed by atoms with Gasteiger partial charge >= 0.3 is 0 Å². The number of piperidine rings is 1. The van der Waals surface area contributed by atoms with E-state index in [1.165, 1.54) is 0 Å². The first-order valence-corrected chi connectivity index (χ1v) is 11.5. The summed E-state index contributed by atoms with van der Waals surface area (Å²) in [6.07, 6.45) is 3.55. The molecule has 0 saturated carbocycles.